The van der Waals surface area contributed by atoms with Crippen molar-refractivity contribution in [1.29, 1.82) is 0 Å². The zero-order valence-corrected chi connectivity index (χ0v) is 20.9. The van der Waals surface area contributed by atoms with Crippen molar-refractivity contribution in [1.82, 2.24) is 4.57 Å². The van der Waals surface area contributed by atoms with Gasteiger partial charge in [0.05, 0.1) is 11.0 Å². The Morgan fingerprint density at radius 1 is 0.368 bits per heavy atom. The topological polar surface area (TPSA) is 17.0 Å². The van der Waals surface area contributed by atoms with Crippen molar-refractivity contribution in [2.24, 2.45) is 0 Å². The van der Waals surface area contributed by atoms with Gasteiger partial charge in [0.2, 0.25) is 0 Å². The van der Waals surface area contributed by atoms with Crippen LogP contribution < -0.4 is 5.32 Å². The molecule has 2 heteroatoms. The molecule has 6 aromatic carbocycles. The van der Waals surface area contributed by atoms with E-state index in [-0.39, 0.29) is 0 Å². The number of aromatic nitrogens is 1. The summed E-state index contributed by atoms with van der Waals surface area (Å²) in [6.45, 7) is 0. The lowest BCUT2D eigenvalue weighted by atomic mass is 10.0. The molecule has 0 radical (unpaired) electrons. The molecule has 0 unspecified atom stereocenters. The van der Waals surface area contributed by atoms with Crippen LogP contribution in [0.1, 0.15) is 0 Å². The number of hydrogen-bond acceptors (Lipinski definition) is 1. The first kappa shape index (κ1) is 22.1. The second-order valence-electron chi connectivity index (χ2n) is 9.57. The molecule has 0 atom stereocenters. The second kappa shape index (κ2) is 9.42. The van der Waals surface area contributed by atoms with Crippen molar-refractivity contribution in [2.75, 3.05) is 5.32 Å². The highest BCUT2D eigenvalue weighted by atomic mass is 15.0. The summed E-state index contributed by atoms with van der Waals surface area (Å²) in [7, 11) is 0. The fourth-order valence-corrected chi connectivity index (χ4v) is 5.30. The van der Waals surface area contributed by atoms with E-state index in [1.54, 1.807) is 0 Å². The first-order valence-corrected chi connectivity index (χ1v) is 13.0. The third-order valence-electron chi connectivity index (χ3n) is 7.19. The van der Waals surface area contributed by atoms with Gasteiger partial charge in [0.1, 0.15) is 0 Å². The van der Waals surface area contributed by atoms with E-state index < -0.39 is 0 Å². The van der Waals surface area contributed by atoms with Crippen molar-refractivity contribution in [3.8, 4) is 27.9 Å². The Morgan fingerprint density at radius 3 is 1.55 bits per heavy atom. The summed E-state index contributed by atoms with van der Waals surface area (Å²) in [6.07, 6.45) is 0. The molecular formula is C36H26N2. The molecule has 180 valence electrons. The molecule has 0 amide bonds. The predicted molar refractivity (Wildman–Crippen MR) is 161 cm³/mol. The zero-order chi connectivity index (χ0) is 25.3. The third-order valence-corrected chi connectivity index (χ3v) is 7.19. The smallest absolute Gasteiger partial charge is 0.0561 e. The lowest BCUT2D eigenvalue weighted by Gasteiger charge is -2.11. The molecule has 0 bridgehead atoms. The van der Waals surface area contributed by atoms with Crippen LogP contribution in [-0.2, 0) is 0 Å². The third kappa shape index (κ3) is 4.03. The lowest BCUT2D eigenvalue weighted by Crippen LogP contribution is -1.94. The van der Waals surface area contributed by atoms with Crippen LogP contribution in [0.25, 0.3) is 49.7 Å². The quantitative estimate of drug-likeness (QED) is 0.256. The molecule has 0 aliphatic rings. The summed E-state index contributed by atoms with van der Waals surface area (Å²) in [4.78, 5) is 0. The first-order valence-electron chi connectivity index (χ1n) is 13.0. The minimum atomic E-state index is 1.07. The van der Waals surface area contributed by atoms with E-state index in [1.165, 1.54) is 49.7 Å². The molecule has 0 aliphatic heterocycles. The first-order chi connectivity index (χ1) is 18.8. The van der Waals surface area contributed by atoms with E-state index in [0.717, 1.165) is 11.4 Å². The van der Waals surface area contributed by atoms with Crippen LogP contribution in [0, 0.1) is 0 Å². The number of para-hydroxylation sites is 2. The monoisotopic (exact) mass is 486 g/mol. The van der Waals surface area contributed by atoms with Crippen molar-refractivity contribution in [3.63, 3.8) is 0 Å². The van der Waals surface area contributed by atoms with Crippen LogP contribution >= 0.6 is 0 Å². The van der Waals surface area contributed by atoms with E-state index in [2.05, 4.69) is 162 Å². The highest BCUT2D eigenvalue weighted by Gasteiger charge is 2.12. The molecule has 7 rings (SSSR count). The van der Waals surface area contributed by atoms with Crippen LogP contribution in [0.3, 0.4) is 0 Å². The SMILES string of the molecule is c1ccc(-c2ccc(-c3ccc(Nc4ccc5c6ccccc6n(-c6ccccc6)c5c4)cc3)cc2)cc1. The molecule has 38 heavy (non-hydrogen) atoms. The van der Waals surface area contributed by atoms with Gasteiger partial charge in [-0.1, -0.05) is 109 Å². The van der Waals surface area contributed by atoms with E-state index in [1.807, 2.05) is 0 Å². The number of hydrogen-bond donors (Lipinski definition) is 1. The van der Waals surface area contributed by atoms with Crippen LogP contribution in [-0.4, -0.2) is 4.57 Å². The molecule has 2 nitrogen and oxygen atoms in total. The van der Waals surface area contributed by atoms with Crippen LogP contribution in [0.4, 0.5) is 11.4 Å². The summed E-state index contributed by atoms with van der Waals surface area (Å²) in [5, 5.41) is 6.13. The molecule has 0 fully saturated rings. The Hall–Kier alpha value is -5.08. The van der Waals surface area contributed by atoms with Gasteiger partial charge in [-0.05, 0) is 64.7 Å². The Morgan fingerprint density at radius 2 is 0.868 bits per heavy atom. The van der Waals surface area contributed by atoms with Crippen molar-refractivity contribution < 1.29 is 0 Å². The van der Waals surface area contributed by atoms with Gasteiger partial charge in [-0.3, -0.25) is 0 Å². The van der Waals surface area contributed by atoms with Gasteiger partial charge in [-0.2, -0.15) is 0 Å². The van der Waals surface area contributed by atoms with Gasteiger partial charge in [-0.15, -0.1) is 0 Å². The molecule has 0 spiro atoms. The van der Waals surface area contributed by atoms with Gasteiger partial charge in [0.25, 0.3) is 0 Å². The van der Waals surface area contributed by atoms with Gasteiger partial charge >= 0.3 is 0 Å². The maximum Gasteiger partial charge on any atom is 0.0561 e. The van der Waals surface area contributed by atoms with Gasteiger partial charge in [-0.25, -0.2) is 0 Å². The maximum atomic E-state index is 3.62. The lowest BCUT2D eigenvalue weighted by molar-refractivity contribution is 1.18. The molecule has 1 N–H and O–H groups in total. The number of nitrogens with zero attached hydrogens (tertiary/aromatic N) is 1. The minimum absolute atomic E-state index is 1.07. The standard InChI is InChI=1S/C36H26N2/c1-3-9-26(10-4-1)27-15-17-28(18-16-27)29-19-21-30(22-20-29)37-31-23-24-34-33-13-7-8-14-35(33)38(36(34)25-31)32-11-5-2-6-12-32/h1-25,37H. The van der Waals surface area contributed by atoms with E-state index in [4.69, 9.17) is 0 Å². The Balaban J connectivity index is 1.19. The number of fused-ring (bicyclic) bond motifs is 3. The minimum Gasteiger partial charge on any atom is -0.355 e. The molecule has 1 heterocycles. The average molecular weight is 487 g/mol. The van der Waals surface area contributed by atoms with Crippen molar-refractivity contribution in [3.05, 3.63) is 152 Å². The molecule has 1 aromatic heterocycles. The van der Waals surface area contributed by atoms with Gasteiger partial charge in [0, 0.05) is 27.8 Å². The largest absolute Gasteiger partial charge is 0.355 e. The fraction of sp³-hybridized carbons (Fsp3) is 0. The predicted octanol–water partition coefficient (Wildman–Crippen LogP) is 9.86. The molecule has 0 saturated heterocycles. The fourth-order valence-electron chi connectivity index (χ4n) is 5.30. The maximum absolute atomic E-state index is 3.62. The highest BCUT2D eigenvalue weighted by Crippen LogP contribution is 2.34. The second-order valence-corrected chi connectivity index (χ2v) is 9.57. The number of anilines is 2. The van der Waals surface area contributed by atoms with E-state index in [9.17, 15) is 0 Å². The number of benzene rings is 6. The molecule has 7 aromatic rings. The van der Waals surface area contributed by atoms with Gasteiger partial charge < -0.3 is 9.88 Å². The zero-order valence-electron chi connectivity index (χ0n) is 20.9. The Kier molecular flexibility index (Phi) is 5.49. The Labute approximate surface area is 222 Å². The summed E-state index contributed by atoms with van der Waals surface area (Å²) < 4.78 is 2.35. The van der Waals surface area contributed by atoms with Crippen LogP contribution in [0.5, 0.6) is 0 Å². The molecular weight excluding hydrogens is 460 g/mol. The molecule has 0 aliphatic carbocycles. The average Bonchev–Trinajstić information content (AvgIpc) is 3.32. The van der Waals surface area contributed by atoms with Crippen molar-refractivity contribution >= 4 is 33.2 Å². The van der Waals surface area contributed by atoms with Gasteiger partial charge in [0.15, 0.2) is 0 Å². The summed E-state index contributed by atoms with van der Waals surface area (Å²) in [5.74, 6) is 0. The highest BCUT2D eigenvalue weighted by molar-refractivity contribution is 6.10. The summed E-state index contributed by atoms with van der Waals surface area (Å²) >= 11 is 0. The molecule has 0 saturated carbocycles. The van der Waals surface area contributed by atoms with Crippen molar-refractivity contribution in [2.45, 2.75) is 0 Å². The van der Waals surface area contributed by atoms with Crippen LogP contribution in [0.2, 0.25) is 0 Å². The summed E-state index contributed by atoms with van der Waals surface area (Å²) in [6, 6.07) is 53.8. The van der Waals surface area contributed by atoms with E-state index in [0.29, 0.717) is 0 Å². The Bertz CT molecular complexity index is 1850. The normalized spacial score (nSPS) is 11.2. The van der Waals surface area contributed by atoms with Crippen LogP contribution in [0.15, 0.2) is 152 Å². The number of rotatable bonds is 5. The number of nitrogens with one attached hydrogen (secondary N) is 1. The summed E-state index contributed by atoms with van der Waals surface area (Å²) in [5.41, 5.74) is 10.6. The van der Waals surface area contributed by atoms with E-state index >= 15 is 0 Å².